The molecule has 2 atom stereocenters. The third-order valence-electron chi connectivity index (χ3n) is 3.07. The number of nitrogens with one attached hydrogen (secondary N) is 1. The first-order valence-corrected chi connectivity index (χ1v) is 6.31. The van der Waals surface area contributed by atoms with E-state index in [-0.39, 0.29) is 12.1 Å². The van der Waals surface area contributed by atoms with Gasteiger partial charge in [-0.3, -0.25) is 0 Å². The van der Waals surface area contributed by atoms with Crippen LogP contribution in [0.4, 0.5) is 0 Å². The lowest BCUT2D eigenvalue weighted by Gasteiger charge is -2.26. The average Bonchev–Trinajstić information content (AvgIpc) is 2.29. The molecule has 0 spiro atoms. The third-order valence-corrected chi connectivity index (χ3v) is 3.40. The molecule has 3 nitrogen and oxygen atoms in total. The summed E-state index contributed by atoms with van der Waals surface area (Å²) in [6.45, 7) is 2.04. The van der Waals surface area contributed by atoms with Gasteiger partial charge in [0, 0.05) is 6.42 Å². The summed E-state index contributed by atoms with van der Waals surface area (Å²) < 4.78 is 5.48. The van der Waals surface area contributed by atoms with Gasteiger partial charge >= 0.3 is 5.97 Å². The van der Waals surface area contributed by atoms with Crippen molar-refractivity contribution in [3.8, 4) is 0 Å². The third kappa shape index (κ3) is 3.20. The van der Waals surface area contributed by atoms with E-state index in [1.807, 2.05) is 0 Å². The molecule has 0 saturated carbocycles. The Bertz CT molecular complexity index is 408. The topological polar surface area (TPSA) is 30.7 Å². The van der Waals surface area contributed by atoms with Crippen LogP contribution in [0.15, 0.2) is 24.3 Å². The number of hydrogen-bond donors (Lipinski definition) is 1. The van der Waals surface area contributed by atoms with Crippen LogP contribution in [0, 0.1) is 0 Å². The summed E-state index contributed by atoms with van der Waals surface area (Å²) in [5.41, 5.74) is 0.456. The summed E-state index contributed by atoms with van der Waals surface area (Å²) in [4.78, 5) is 13.3. The number of carbonyl (C=O) groups excluding carboxylic acids is 1. The molecule has 0 amide bonds. The highest BCUT2D eigenvalue weighted by Gasteiger charge is 2.24. The Morgan fingerprint density at radius 3 is 2.94 bits per heavy atom. The first-order chi connectivity index (χ1) is 8.16. The monoisotopic (exact) mass is 254 g/mol. The van der Waals surface area contributed by atoms with Crippen molar-refractivity contribution < 1.29 is 14.4 Å². The number of quaternary nitrogens is 1. The lowest BCUT2D eigenvalue weighted by molar-refractivity contribution is -0.888. The Balaban J connectivity index is 1.99. The molecule has 4 heteroatoms. The first-order valence-electron chi connectivity index (χ1n) is 5.93. The lowest BCUT2D eigenvalue weighted by Crippen LogP contribution is -3.11. The Labute approximate surface area is 106 Å². The van der Waals surface area contributed by atoms with Gasteiger partial charge < -0.3 is 9.64 Å². The Hall–Kier alpha value is -1.06. The molecule has 1 heterocycles. The Morgan fingerprint density at radius 1 is 1.47 bits per heavy atom. The molecular formula is C13H17ClNO2+. The summed E-state index contributed by atoms with van der Waals surface area (Å²) in [6.07, 6.45) is 2.08. The van der Waals surface area contributed by atoms with E-state index in [0.29, 0.717) is 10.6 Å². The molecule has 0 bridgehead atoms. The lowest BCUT2D eigenvalue weighted by atomic mass is 10.1. The normalized spacial score (nSPS) is 24.4. The summed E-state index contributed by atoms with van der Waals surface area (Å²) in [5.74, 6) is -0.310. The second-order valence-corrected chi connectivity index (χ2v) is 4.97. The van der Waals surface area contributed by atoms with Crippen molar-refractivity contribution in [2.75, 3.05) is 20.1 Å². The number of esters is 1. The van der Waals surface area contributed by atoms with Gasteiger partial charge in [-0.25, -0.2) is 4.79 Å². The zero-order valence-electron chi connectivity index (χ0n) is 9.91. The van der Waals surface area contributed by atoms with E-state index in [0.717, 1.165) is 25.9 Å². The van der Waals surface area contributed by atoms with Crippen LogP contribution < -0.4 is 4.90 Å². The van der Waals surface area contributed by atoms with Crippen molar-refractivity contribution in [3.05, 3.63) is 34.9 Å². The van der Waals surface area contributed by atoms with Gasteiger partial charge in [-0.2, -0.15) is 0 Å². The van der Waals surface area contributed by atoms with E-state index >= 15 is 0 Å². The van der Waals surface area contributed by atoms with Gasteiger partial charge in [-0.15, -0.1) is 0 Å². The van der Waals surface area contributed by atoms with Gasteiger partial charge in [0.2, 0.25) is 0 Å². The standard InChI is InChI=1S/C13H16ClNO2/c1-15-8-4-5-10(9-15)17-13(16)11-6-2-3-7-12(11)14/h2-3,6-7,10H,4-5,8-9H2,1H3/p+1/t10-/m0/s1. The van der Waals surface area contributed by atoms with Gasteiger partial charge in [-0.05, 0) is 18.6 Å². The number of likely N-dealkylation sites (tertiary alicyclic amines) is 1. The molecule has 17 heavy (non-hydrogen) atoms. The van der Waals surface area contributed by atoms with E-state index in [1.165, 1.54) is 4.90 Å². The van der Waals surface area contributed by atoms with Crippen molar-refractivity contribution in [1.29, 1.82) is 0 Å². The molecule has 1 N–H and O–H groups in total. The number of rotatable bonds is 2. The van der Waals surface area contributed by atoms with Crippen LogP contribution in [-0.2, 0) is 4.74 Å². The predicted molar refractivity (Wildman–Crippen MR) is 66.5 cm³/mol. The molecule has 2 rings (SSSR count). The van der Waals surface area contributed by atoms with Crippen LogP contribution >= 0.6 is 11.6 Å². The average molecular weight is 255 g/mol. The first kappa shape index (κ1) is 12.4. The maximum atomic E-state index is 11.9. The molecule has 1 aromatic carbocycles. The Kier molecular flexibility index (Phi) is 4.02. The van der Waals surface area contributed by atoms with Crippen LogP contribution in [0.2, 0.25) is 5.02 Å². The fraction of sp³-hybridized carbons (Fsp3) is 0.462. The summed E-state index contributed by atoms with van der Waals surface area (Å²) in [7, 11) is 2.12. The molecule has 1 saturated heterocycles. The molecule has 0 aliphatic carbocycles. The van der Waals surface area contributed by atoms with Crippen LogP contribution in [0.3, 0.4) is 0 Å². The van der Waals surface area contributed by atoms with Gasteiger partial charge in [0.1, 0.15) is 6.54 Å². The van der Waals surface area contributed by atoms with Crippen LogP contribution in [-0.4, -0.2) is 32.2 Å². The molecule has 1 aliphatic heterocycles. The number of halogens is 1. The highest BCUT2D eigenvalue weighted by atomic mass is 35.5. The second kappa shape index (κ2) is 5.52. The molecule has 1 fully saturated rings. The van der Waals surface area contributed by atoms with Crippen molar-refractivity contribution in [2.24, 2.45) is 0 Å². The number of piperidine rings is 1. The van der Waals surface area contributed by atoms with Crippen LogP contribution in [0.25, 0.3) is 0 Å². The van der Waals surface area contributed by atoms with E-state index in [2.05, 4.69) is 7.05 Å². The number of ether oxygens (including phenoxy) is 1. The van der Waals surface area contributed by atoms with Crippen molar-refractivity contribution >= 4 is 17.6 Å². The number of benzene rings is 1. The Morgan fingerprint density at radius 2 is 2.24 bits per heavy atom. The summed E-state index contributed by atoms with van der Waals surface area (Å²) in [5, 5.41) is 0.453. The summed E-state index contributed by atoms with van der Waals surface area (Å²) in [6, 6.07) is 7.00. The van der Waals surface area contributed by atoms with Gasteiger partial charge in [0.25, 0.3) is 0 Å². The SMILES string of the molecule is C[NH+]1CCC[C@H](OC(=O)c2ccccc2Cl)C1. The largest absolute Gasteiger partial charge is 0.453 e. The smallest absolute Gasteiger partial charge is 0.340 e. The van der Waals surface area contributed by atoms with E-state index in [4.69, 9.17) is 16.3 Å². The number of likely N-dealkylation sites (N-methyl/N-ethyl adjacent to an activating group) is 1. The van der Waals surface area contributed by atoms with Crippen LogP contribution in [0.5, 0.6) is 0 Å². The van der Waals surface area contributed by atoms with Gasteiger partial charge in [0.15, 0.2) is 6.10 Å². The molecule has 0 radical (unpaired) electrons. The predicted octanol–water partition coefficient (Wildman–Crippen LogP) is 1.17. The molecule has 1 aromatic rings. The van der Waals surface area contributed by atoms with E-state index in [1.54, 1.807) is 24.3 Å². The minimum atomic E-state index is -0.310. The van der Waals surface area contributed by atoms with Crippen molar-refractivity contribution in [1.82, 2.24) is 0 Å². The molecule has 92 valence electrons. The van der Waals surface area contributed by atoms with Crippen molar-refractivity contribution in [2.45, 2.75) is 18.9 Å². The number of hydrogen-bond acceptors (Lipinski definition) is 2. The van der Waals surface area contributed by atoms with E-state index < -0.39 is 0 Å². The van der Waals surface area contributed by atoms with Crippen LogP contribution in [0.1, 0.15) is 23.2 Å². The maximum Gasteiger partial charge on any atom is 0.340 e. The fourth-order valence-electron chi connectivity index (χ4n) is 2.17. The fourth-order valence-corrected chi connectivity index (χ4v) is 2.38. The zero-order valence-corrected chi connectivity index (χ0v) is 10.7. The van der Waals surface area contributed by atoms with Gasteiger partial charge in [-0.1, -0.05) is 23.7 Å². The van der Waals surface area contributed by atoms with E-state index in [9.17, 15) is 4.79 Å². The molecule has 0 aromatic heterocycles. The maximum absolute atomic E-state index is 11.9. The molecule has 1 aliphatic rings. The second-order valence-electron chi connectivity index (χ2n) is 4.56. The van der Waals surface area contributed by atoms with Gasteiger partial charge in [0.05, 0.1) is 24.2 Å². The minimum absolute atomic E-state index is 0.0209. The summed E-state index contributed by atoms with van der Waals surface area (Å²) >= 11 is 5.96. The molecule has 1 unspecified atom stereocenters. The van der Waals surface area contributed by atoms with Crippen molar-refractivity contribution in [3.63, 3.8) is 0 Å². The quantitative estimate of drug-likeness (QED) is 0.804. The highest BCUT2D eigenvalue weighted by Crippen LogP contribution is 2.17. The minimum Gasteiger partial charge on any atom is -0.453 e. The highest BCUT2D eigenvalue weighted by molar-refractivity contribution is 6.33. The zero-order chi connectivity index (χ0) is 12.3. The molecular weight excluding hydrogens is 238 g/mol. The number of carbonyl (C=O) groups is 1.